The number of hydrogen-bond acceptors (Lipinski definition) is 3. The van der Waals surface area contributed by atoms with Crippen LogP contribution in [0.15, 0.2) is 12.2 Å². The summed E-state index contributed by atoms with van der Waals surface area (Å²) in [5.74, 6) is -0.205. The Balaban J connectivity index is 2.11. The molecule has 0 unspecified atom stereocenters. The van der Waals surface area contributed by atoms with Gasteiger partial charge in [-0.25, -0.2) is 0 Å². The molecule has 70 valence electrons. The molecule has 12 heavy (non-hydrogen) atoms. The monoisotopic (exact) mass is 191 g/mol. The fourth-order valence-corrected chi connectivity index (χ4v) is 1.55. The van der Waals surface area contributed by atoms with Gasteiger partial charge < -0.3 is 5.32 Å². The Morgan fingerprint density at radius 2 is 2.00 bits per heavy atom. The van der Waals surface area contributed by atoms with E-state index in [9.17, 15) is 8.42 Å². The van der Waals surface area contributed by atoms with E-state index in [4.69, 9.17) is 4.55 Å². The zero-order valence-electron chi connectivity index (χ0n) is 6.73. The summed E-state index contributed by atoms with van der Waals surface area (Å²) in [6, 6.07) is 0.353. The van der Waals surface area contributed by atoms with Gasteiger partial charge in [0.1, 0.15) is 0 Å². The summed E-state index contributed by atoms with van der Waals surface area (Å²) in [5.41, 5.74) is 0. The van der Waals surface area contributed by atoms with Crippen LogP contribution in [0.1, 0.15) is 12.8 Å². The average molecular weight is 191 g/mol. The maximum atomic E-state index is 10.3. The van der Waals surface area contributed by atoms with Crippen LogP contribution in [0.2, 0.25) is 0 Å². The van der Waals surface area contributed by atoms with Crippen LogP contribution in [-0.4, -0.2) is 31.3 Å². The van der Waals surface area contributed by atoms with Crippen LogP contribution in [0, 0.1) is 0 Å². The molecule has 1 rings (SSSR count). The van der Waals surface area contributed by atoms with Gasteiger partial charge in [-0.2, -0.15) is 8.42 Å². The van der Waals surface area contributed by atoms with Crippen LogP contribution >= 0.6 is 0 Å². The quantitative estimate of drug-likeness (QED) is 0.491. The molecule has 5 heteroatoms. The molecule has 0 aromatic carbocycles. The minimum absolute atomic E-state index is 0.205. The molecular weight excluding hydrogens is 178 g/mol. The van der Waals surface area contributed by atoms with Gasteiger partial charge in [0.05, 0.1) is 5.75 Å². The van der Waals surface area contributed by atoms with Crippen molar-refractivity contribution < 1.29 is 13.0 Å². The summed E-state index contributed by atoms with van der Waals surface area (Å²) >= 11 is 0. The van der Waals surface area contributed by atoms with Gasteiger partial charge in [-0.1, -0.05) is 12.2 Å². The summed E-state index contributed by atoms with van der Waals surface area (Å²) < 4.78 is 29.0. The first-order valence-corrected chi connectivity index (χ1v) is 5.52. The lowest BCUT2D eigenvalue weighted by molar-refractivity contribution is 0.475. The highest BCUT2D eigenvalue weighted by atomic mass is 32.2. The van der Waals surface area contributed by atoms with Crippen molar-refractivity contribution in [3.8, 4) is 0 Å². The molecule has 0 aromatic heterocycles. The Labute approximate surface area is 72.4 Å². The molecule has 0 radical (unpaired) electrons. The number of hydrogen-bond donors (Lipinski definition) is 2. The van der Waals surface area contributed by atoms with Gasteiger partial charge in [-0.05, 0) is 12.8 Å². The Kier molecular flexibility index (Phi) is 3.25. The van der Waals surface area contributed by atoms with E-state index >= 15 is 0 Å². The predicted octanol–water partition coefficient (Wildman–Crippen LogP) is 0.182. The Morgan fingerprint density at radius 1 is 1.42 bits per heavy atom. The first-order chi connectivity index (χ1) is 5.58. The number of nitrogens with one attached hydrogen (secondary N) is 1. The van der Waals surface area contributed by atoms with Gasteiger partial charge >= 0.3 is 0 Å². The Hall–Kier alpha value is -0.390. The largest absolute Gasteiger partial charge is 0.312 e. The van der Waals surface area contributed by atoms with Crippen molar-refractivity contribution in [1.82, 2.24) is 5.32 Å². The predicted molar refractivity (Wildman–Crippen MR) is 46.6 cm³/mol. The van der Waals surface area contributed by atoms with Gasteiger partial charge in [-0.3, -0.25) is 4.55 Å². The molecule has 0 spiro atoms. The van der Waals surface area contributed by atoms with Crippen LogP contribution in [0.3, 0.4) is 0 Å². The molecule has 0 aliphatic heterocycles. The van der Waals surface area contributed by atoms with Crippen LogP contribution in [-0.2, 0) is 10.1 Å². The molecule has 1 aliphatic carbocycles. The molecule has 0 heterocycles. The van der Waals surface area contributed by atoms with E-state index in [1.807, 2.05) is 0 Å². The standard InChI is InChI=1S/C7H13NO3S/c9-12(10,11)6-5-8-7-3-1-2-4-7/h1-2,7-8H,3-6H2,(H,9,10,11). The van der Waals surface area contributed by atoms with Crippen molar-refractivity contribution in [1.29, 1.82) is 0 Å². The summed E-state index contributed by atoms with van der Waals surface area (Å²) in [7, 11) is -3.80. The van der Waals surface area contributed by atoms with Crippen molar-refractivity contribution >= 4 is 10.1 Å². The van der Waals surface area contributed by atoms with E-state index in [2.05, 4.69) is 17.5 Å². The van der Waals surface area contributed by atoms with Crippen LogP contribution < -0.4 is 5.32 Å². The zero-order chi connectivity index (χ0) is 9.03. The van der Waals surface area contributed by atoms with Crippen LogP contribution in [0.4, 0.5) is 0 Å². The Bertz CT molecular complexity index is 250. The lowest BCUT2D eigenvalue weighted by Gasteiger charge is -2.09. The lowest BCUT2D eigenvalue weighted by Crippen LogP contribution is -2.31. The molecule has 0 saturated heterocycles. The van der Waals surface area contributed by atoms with Gasteiger partial charge in [0.2, 0.25) is 0 Å². The highest BCUT2D eigenvalue weighted by Crippen LogP contribution is 2.08. The van der Waals surface area contributed by atoms with E-state index in [1.165, 1.54) is 0 Å². The molecule has 0 bridgehead atoms. The fourth-order valence-electron chi connectivity index (χ4n) is 1.18. The second-order valence-electron chi connectivity index (χ2n) is 2.88. The third-order valence-corrected chi connectivity index (χ3v) is 2.52. The minimum Gasteiger partial charge on any atom is -0.312 e. The highest BCUT2D eigenvalue weighted by molar-refractivity contribution is 7.85. The topological polar surface area (TPSA) is 66.4 Å². The van der Waals surface area contributed by atoms with Gasteiger partial charge in [-0.15, -0.1) is 0 Å². The van der Waals surface area contributed by atoms with Crippen LogP contribution in [0.5, 0.6) is 0 Å². The van der Waals surface area contributed by atoms with Crippen LogP contribution in [0.25, 0.3) is 0 Å². The van der Waals surface area contributed by atoms with Gasteiger partial charge in [0.25, 0.3) is 10.1 Å². The van der Waals surface area contributed by atoms with Crippen molar-refractivity contribution in [2.75, 3.05) is 12.3 Å². The first-order valence-electron chi connectivity index (χ1n) is 3.91. The SMILES string of the molecule is O=S(=O)(O)CCNC1CC=CC1. The van der Waals surface area contributed by atoms with Crippen molar-refractivity contribution in [2.45, 2.75) is 18.9 Å². The molecule has 0 amide bonds. The van der Waals surface area contributed by atoms with E-state index < -0.39 is 10.1 Å². The van der Waals surface area contributed by atoms with E-state index in [-0.39, 0.29) is 5.75 Å². The molecule has 0 saturated carbocycles. The van der Waals surface area contributed by atoms with E-state index in [0.29, 0.717) is 12.6 Å². The summed E-state index contributed by atoms with van der Waals surface area (Å²) in [4.78, 5) is 0. The molecule has 2 N–H and O–H groups in total. The fraction of sp³-hybridized carbons (Fsp3) is 0.714. The lowest BCUT2D eigenvalue weighted by atomic mass is 10.2. The smallest absolute Gasteiger partial charge is 0.266 e. The Morgan fingerprint density at radius 3 is 2.50 bits per heavy atom. The first kappa shape index (κ1) is 9.70. The second kappa shape index (κ2) is 4.02. The molecule has 4 nitrogen and oxygen atoms in total. The summed E-state index contributed by atoms with van der Waals surface area (Å²) in [6.07, 6.45) is 6.02. The van der Waals surface area contributed by atoms with Crippen molar-refractivity contribution in [3.05, 3.63) is 12.2 Å². The third-order valence-electron chi connectivity index (χ3n) is 1.80. The molecule has 1 aliphatic rings. The number of rotatable bonds is 4. The third kappa shape index (κ3) is 3.85. The maximum Gasteiger partial charge on any atom is 0.266 e. The molecule has 0 aromatic rings. The van der Waals surface area contributed by atoms with Crippen molar-refractivity contribution in [3.63, 3.8) is 0 Å². The van der Waals surface area contributed by atoms with E-state index in [0.717, 1.165) is 12.8 Å². The molecular formula is C7H13NO3S. The summed E-state index contributed by atoms with van der Waals surface area (Å²) in [6.45, 7) is 0.325. The van der Waals surface area contributed by atoms with Crippen molar-refractivity contribution in [2.24, 2.45) is 0 Å². The van der Waals surface area contributed by atoms with Gasteiger partial charge in [0, 0.05) is 12.6 Å². The highest BCUT2D eigenvalue weighted by Gasteiger charge is 2.10. The zero-order valence-corrected chi connectivity index (χ0v) is 7.55. The minimum atomic E-state index is -3.80. The maximum absolute atomic E-state index is 10.3. The average Bonchev–Trinajstić information content (AvgIpc) is 2.36. The van der Waals surface area contributed by atoms with E-state index in [1.54, 1.807) is 0 Å². The molecule has 0 fully saturated rings. The second-order valence-corrected chi connectivity index (χ2v) is 4.45. The summed E-state index contributed by atoms with van der Waals surface area (Å²) in [5, 5.41) is 3.04. The normalized spacial score (nSPS) is 18.8. The molecule has 0 atom stereocenters. The van der Waals surface area contributed by atoms with Gasteiger partial charge in [0.15, 0.2) is 0 Å².